The summed E-state index contributed by atoms with van der Waals surface area (Å²) in [5.41, 5.74) is 4.60. The van der Waals surface area contributed by atoms with E-state index in [9.17, 15) is 4.79 Å². The van der Waals surface area contributed by atoms with Crippen LogP contribution in [0.5, 0.6) is 0 Å². The van der Waals surface area contributed by atoms with Crippen molar-refractivity contribution >= 4 is 17.3 Å². The van der Waals surface area contributed by atoms with E-state index in [2.05, 4.69) is 34.2 Å². The molecule has 1 aromatic carbocycles. The number of nitrogens with one attached hydrogen (secondary N) is 1. The van der Waals surface area contributed by atoms with E-state index in [-0.39, 0.29) is 5.69 Å². The van der Waals surface area contributed by atoms with E-state index in [1.165, 1.54) is 11.1 Å². The zero-order valence-corrected chi connectivity index (χ0v) is 11.9. The van der Waals surface area contributed by atoms with Crippen molar-refractivity contribution in [2.45, 2.75) is 12.3 Å². The summed E-state index contributed by atoms with van der Waals surface area (Å²) >= 11 is 1.64. The Labute approximate surface area is 125 Å². The number of hydrogen-bond acceptors (Lipinski definition) is 3. The number of fused-ring (bicyclic) bond motifs is 1. The highest BCUT2D eigenvalue weighted by Crippen LogP contribution is 2.41. The SMILES string of the molecule is O=C(O)c1cc(-c2csc(C3Cc4ccccc43)n2)c[nH]1. The molecule has 0 saturated heterocycles. The summed E-state index contributed by atoms with van der Waals surface area (Å²) in [6.07, 6.45) is 2.73. The van der Waals surface area contributed by atoms with Gasteiger partial charge < -0.3 is 10.1 Å². The summed E-state index contributed by atoms with van der Waals surface area (Å²) in [5, 5.41) is 12.0. The minimum atomic E-state index is -0.954. The molecule has 4 rings (SSSR count). The molecule has 104 valence electrons. The smallest absolute Gasteiger partial charge is 0.352 e. The Balaban J connectivity index is 1.63. The van der Waals surface area contributed by atoms with Crippen LogP contribution in [0.25, 0.3) is 11.3 Å². The van der Waals surface area contributed by atoms with E-state index < -0.39 is 5.97 Å². The molecule has 3 aromatic rings. The molecule has 0 saturated carbocycles. The van der Waals surface area contributed by atoms with Crippen molar-refractivity contribution in [2.24, 2.45) is 0 Å². The van der Waals surface area contributed by atoms with E-state index in [1.807, 2.05) is 5.38 Å². The maximum atomic E-state index is 10.9. The van der Waals surface area contributed by atoms with Gasteiger partial charge in [-0.05, 0) is 23.6 Å². The van der Waals surface area contributed by atoms with Crippen molar-refractivity contribution < 1.29 is 9.90 Å². The highest BCUT2D eigenvalue weighted by atomic mass is 32.1. The zero-order valence-electron chi connectivity index (χ0n) is 11.0. The monoisotopic (exact) mass is 296 g/mol. The van der Waals surface area contributed by atoms with Crippen molar-refractivity contribution in [2.75, 3.05) is 0 Å². The maximum absolute atomic E-state index is 10.9. The Morgan fingerprint density at radius 2 is 2.24 bits per heavy atom. The number of rotatable bonds is 3. The zero-order chi connectivity index (χ0) is 14.4. The third-order valence-corrected chi connectivity index (χ3v) is 4.84. The summed E-state index contributed by atoms with van der Waals surface area (Å²) in [6, 6.07) is 10.1. The molecular formula is C16H12N2O2S. The van der Waals surface area contributed by atoms with Gasteiger partial charge in [-0.25, -0.2) is 9.78 Å². The van der Waals surface area contributed by atoms with Crippen molar-refractivity contribution in [3.05, 3.63) is 63.7 Å². The first-order valence-corrected chi connectivity index (χ1v) is 7.55. The van der Waals surface area contributed by atoms with Gasteiger partial charge in [0, 0.05) is 23.1 Å². The number of benzene rings is 1. The predicted octanol–water partition coefficient (Wildman–Crippen LogP) is 3.52. The van der Waals surface area contributed by atoms with E-state index >= 15 is 0 Å². The van der Waals surface area contributed by atoms with Crippen LogP contribution in [-0.2, 0) is 6.42 Å². The molecule has 5 heteroatoms. The van der Waals surface area contributed by atoms with Gasteiger partial charge in [0.1, 0.15) is 10.7 Å². The lowest BCUT2D eigenvalue weighted by molar-refractivity contribution is 0.0691. The highest BCUT2D eigenvalue weighted by Gasteiger charge is 2.29. The van der Waals surface area contributed by atoms with Crippen LogP contribution in [-0.4, -0.2) is 21.0 Å². The van der Waals surface area contributed by atoms with Crippen LogP contribution in [0.4, 0.5) is 0 Å². The summed E-state index contributed by atoms with van der Waals surface area (Å²) in [6.45, 7) is 0. The van der Waals surface area contributed by atoms with Gasteiger partial charge in [-0.2, -0.15) is 0 Å². The third kappa shape index (κ3) is 1.97. The molecule has 2 N–H and O–H groups in total. The van der Waals surface area contributed by atoms with E-state index in [4.69, 9.17) is 5.11 Å². The Kier molecular flexibility index (Phi) is 2.68. The Morgan fingerprint density at radius 1 is 1.38 bits per heavy atom. The first-order valence-electron chi connectivity index (χ1n) is 6.67. The van der Waals surface area contributed by atoms with E-state index in [1.54, 1.807) is 23.6 Å². The highest BCUT2D eigenvalue weighted by molar-refractivity contribution is 7.10. The van der Waals surface area contributed by atoms with Crippen molar-refractivity contribution in [1.82, 2.24) is 9.97 Å². The molecule has 1 atom stereocenters. The van der Waals surface area contributed by atoms with E-state index in [0.717, 1.165) is 22.7 Å². The van der Waals surface area contributed by atoms with Crippen LogP contribution in [0.15, 0.2) is 41.9 Å². The number of carboxylic acid groups (broad SMARTS) is 1. The lowest BCUT2D eigenvalue weighted by atomic mass is 9.78. The van der Waals surface area contributed by atoms with Crippen molar-refractivity contribution in [3.8, 4) is 11.3 Å². The fraction of sp³-hybridized carbons (Fsp3) is 0.125. The molecule has 0 aliphatic heterocycles. The van der Waals surface area contributed by atoms with Gasteiger partial charge in [-0.3, -0.25) is 0 Å². The van der Waals surface area contributed by atoms with Gasteiger partial charge >= 0.3 is 5.97 Å². The normalized spacial score (nSPS) is 16.3. The molecule has 0 fully saturated rings. The fourth-order valence-electron chi connectivity index (χ4n) is 2.73. The molecule has 1 aliphatic carbocycles. The van der Waals surface area contributed by atoms with Gasteiger partial charge in [0.25, 0.3) is 0 Å². The van der Waals surface area contributed by atoms with Crippen molar-refractivity contribution in [3.63, 3.8) is 0 Å². The molecule has 21 heavy (non-hydrogen) atoms. The minimum Gasteiger partial charge on any atom is -0.477 e. The summed E-state index contributed by atoms with van der Waals surface area (Å²) in [4.78, 5) is 18.3. The molecule has 0 bridgehead atoms. The number of aromatic nitrogens is 2. The fourth-order valence-corrected chi connectivity index (χ4v) is 3.67. The molecule has 2 aromatic heterocycles. The lowest BCUT2D eigenvalue weighted by Gasteiger charge is -2.28. The molecule has 0 spiro atoms. The van der Waals surface area contributed by atoms with Gasteiger partial charge in [0.2, 0.25) is 0 Å². The Bertz CT molecular complexity index is 834. The van der Waals surface area contributed by atoms with Gasteiger partial charge in [-0.1, -0.05) is 24.3 Å². The quantitative estimate of drug-likeness (QED) is 0.777. The second-order valence-corrected chi connectivity index (χ2v) is 6.02. The Morgan fingerprint density at radius 3 is 3.00 bits per heavy atom. The molecule has 1 aliphatic rings. The Hall–Kier alpha value is -2.40. The number of carbonyl (C=O) groups is 1. The van der Waals surface area contributed by atoms with Gasteiger partial charge in [-0.15, -0.1) is 11.3 Å². The van der Waals surface area contributed by atoms with Gasteiger partial charge in [0.05, 0.1) is 5.69 Å². The number of thiazole rings is 1. The summed E-state index contributed by atoms with van der Waals surface area (Å²) in [7, 11) is 0. The molecule has 1 unspecified atom stereocenters. The average molecular weight is 296 g/mol. The van der Waals surface area contributed by atoms with Crippen LogP contribution in [0.1, 0.15) is 32.5 Å². The average Bonchev–Trinajstić information content (AvgIpc) is 3.08. The molecule has 0 amide bonds. The molecule has 4 nitrogen and oxygen atoms in total. The summed E-state index contributed by atoms with van der Waals surface area (Å²) < 4.78 is 0. The number of carboxylic acids is 1. The number of hydrogen-bond donors (Lipinski definition) is 2. The number of aromatic amines is 1. The summed E-state index contributed by atoms with van der Waals surface area (Å²) in [5.74, 6) is -0.567. The predicted molar refractivity (Wildman–Crippen MR) is 80.8 cm³/mol. The second-order valence-electron chi connectivity index (χ2n) is 5.13. The number of nitrogens with zero attached hydrogens (tertiary/aromatic N) is 1. The van der Waals surface area contributed by atoms with Crippen LogP contribution >= 0.6 is 11.3 Å². The van der Waals surface area contributed by atoms with Gasteiger partial charge in [0.15, 0.2) is 0 Å². The molecular weight excluding hydrogens is 284 g/mol. The van der Waals surface area contributed by atoms with Crippen LogP contribution in [0.2, 0.25) is 0 Å². The maximum Gasteiger partial charge on any atom is 0.352 e. The standard InChI is InChI=1S/C16H12N2O2S/c19-16(20)13-6-10(7-17-13)14-8-21-15(18-14)12-5-9-3-1-2-4-11(9)12/h1-4,6-8,12,17H,5H2,(H,19,20). The largest absolute Gasteiger partial charge is 0.477 e. The second kappa shape index (κ2) is 4.56. The lowest BCUT2D eigenvalue weighted by Crippen LogP contribution is -2.17. The minimum absolute atomic E-state index is 0.188. The topological polar surface area (TPSA) is 66.0 Å². The number of aromatic carboxylic acids is 1. The van der Waals surface area contributed by atoms with Crippen molar-refractivity contribution in [1.29, 1.82) is 0 Å². The number of H-pyrrole nitrogens is 1. The first kappa shape index (κ1) is 12.3. The van der Waals surface area contributed by atoms with Crippen LogP contribution in [0.3, 0.4) is 0 Å². The van der Waals surface area contributed by atoms with E-state index in [0.29, 0.717) is 5.92 Å². The van der Waals surface area contributed by atoms with Crippen LogP contribution < -0.4 is 0 Å². The first-order chi connectivity index (χ1) is 10.2. The van der Waals surface area contributed by atoms with Crippen LogP contribution in [0, 0.1) is 0 Å². The third-order valence-electron chi connectivity index (χ3n) is 3.88. The molecule has 2 heterocycles. The molecule has 0 radical (unpaired) electrons.